The molecule has 0 amide bonds. The van der Waals surface area contributed by atoms with E-state index in [9.17, 15) is 5.21 Å². The standard InChI is InChI=1S/C20H23N3OS.C2H6.C2H4/c1-3-4-8-15(2)17-11-18(13-19(12-17)23-24)22-20(25)21-14-16-9-6-5-7-10-16;2*1-2/h3-7,9-10,13,17,23-24H,1,11-12,14H2,2H3,(H,21,25);1-2H3;1-2H2/b22-18-;;. The molecule has 1 aromatic rings. The molecule has 0 spiro atoms. The number of hydroxylamine groups is 1. The minimum absolute atomic E-state index is 0.214. The van der Waals surface area contributed by atoms with Crippen LogP contribution in [0.5, 0.6) is 0 Å². The van der Waals surface area contributed by atoms with E-state index in [1.807, 2.05) is 57.2 Å². The quantitative estimate of drug-likeness (QED) is 0.186. The second kappa shape index (κ2) is 16.3. The highest BCUT2D eigenvalue weighted by Gasteiger charge is 2.21. The third kappa shape index (κ3) is 10.4. The number of allylic oxidation sites excluding steroid dienone is 4. The number of benzene rings is 1. The summed E-state index contributed by atoms with van der Waals surface area (Å²) in [7, 11) is 0. The number of rotatable bonds is 5. The van der Waals surface area contributed by atoms with Gasteiger partial charge in [-0.2, -0.15) is 0 Å². The van der Waals surface area contributed by atoms with E-state index in [4.69, 9.17) is 12.2 Å². The maximum absolute atomic E-state index is 9.30. The van der Waals surface area contributed by atoms with Gasteiger partial charge >= 0.3 is 0 Å². The van der Waals surface area contributed by atoms with E-state index in [0.717, 1.165) is 29.0 Å². The molecule has 0 radical (unpaired) electrons. The lowest BCUT2D eigenvalue weighted by Gasteiger charge is -2.23. The van der Waals surface area contributed by atoms with Crippen LogP contribution in [0.3, 0.4) is 0 Å². The molecule has 0 fully saturated rings. The largest absolute Gasteiger partial charge is 0.357 e. The third-order valence-corrected chi connectivity index (χ3v) is 4.21. The highest BCUT2D eigenvalue weighted by molar-refractivity contribution is 7.80. The molecule has 1 aliphatic rings. The Balaban J connectivity index is 0.00000184. The number of thiocarbonyl (C=S) groups is 1. The lowest BCUT2D eigenvalue weighted by molar-refractivity contribution is 0.192. The Kier molecular flexibility index (Phi) is 14.7. The van der Waals surface area contributed by atoms with Gasteiger partial charge in [0.1, 0.15) is 0 Å². The topological polar surface area (TPSA) is 56.6 Å². The van der Waals surface area contributed by atoms with E-state index >= 15 is 0 Å². The van der Waals surface area contributed by atoms with Crippen molar-refractivity contribution in [2.45, 2.75) is 40.2 Å². The van der Waals surface area contributed by atoms with E-state index in [0.29, 0.717) is 18.1 Å². The maximum Gasteiger partial charge on any atom is 0.193 e. The van der Waals surface area contributed by atoms with Crippen LogP contribution in [0.1, 0.15) is 39.2 Å². The summed E-state index contributed by atoms with van der Waals surface area (Å²) in [6, 6.07) is 10.0. The Morgan fingerprint density at radius 1 is 1.28 bits per heavy atom. The van der Waals surface area contributed by atoms with Crippen molar-refractivity contribution in [2.75, 3.05) is 0 Å². The van der Waals surface area contributed by atoms with Gasteiger partial charge in [0.25, 0.3) is 0 Å². The van der Waals surface area contributed by atoms with Gasteiger partial charge < -0.3 is 5.32 Å². The van der Waals surface area contributed by atoms with Crippen LogP contribution >= 0.6 is 12.2 Å². The number of hydrogen-bond acceptors (Lipinski definition) is 3. The van der Waals surface area contributed by atoms with Gasteiger partial charge in [0, 0.05) is 18.0 Å². The maximum atomic E-state index is 9.30. The molecule has 1 atom stereocenters. The zero-order valence-electron chi connectivity index (χ0n) is 17.7. The molecule has 1 unspecified atom stereocenters. The van der Waals surface area contributed by atoms with Crippen LogP contribution in [0.2, 0.25) is 0 Å². The van der Waals surface area contributed by atoms with Gasteiger partial charge in [0.05, 0.1) is 0 Å². The van der Waals surface area contributed by atoms with Crippen LogP contribution in [0, 0.1) is 5.92 Å². The zero-order valence-corrected chi connectivity index (χ0v) is 18.6. The Bertz CT molecular complexity index is 760. The van der Waals surface area contributed by atoms with Gasteiger partial charge in [-0.05, 0) is 61.2 Å². The minimum atomic E-state index is 0.214. The third-order valence-electron chi connectivity index (χ3n) is 3.98. The Hall–Kier alpha value is -2.72. The first kappa shape index (κ1) is 26.3. The first-order valence-electron chi connectivity index (χ1n) is 9.66. The van der Waals surface area contributed by atoms with Crippen molar-refractivity contribution in [1.82, 2.24) is 10.8 Å². The lowest BCUT2D eigenvalue weighted by Crippen LogP contribution is -2.24. The van der Waals surface area contributed by atoms with Gasteiger partial charge in [-0.3, -0.25) is 10.7 Å². The molecule has 3 N–H and O–H groups in total. The van der Waals surface area contributed by atoms with Crippen molar-refractivity contribution >= 4 is 23.0 Å². The Morgan fingerprint density at radius 2 is 1.93 bits per heavy atom. The Morgan fingerprint density at radius 3 is 2.52 bits per heavy atom. The van der Waals surface area contributed by atoms with Gasteiger partial charge in [0.2, 0.25) is 0 Å². The molecule has 29 heavy (non-hydrogen) atoms. The zero-order chi connectivity index (χ0) is 22.1. The van der Waals surface area contributed by atoms with Crippen LogP contribution in [0.4, 0.5) is 0 Å². The normalized spacial score (nSPS) is 15.8. The van der Waals surface area contributed by atoms with E-state index < -0.39 is 0 Å². The molecular formula is C24H33N3OS. The first-order chi connectivity index (χ1) is 14.1. The van der Waals surface area contributed by atoms with Gasteiger partial charge in [0.15, 0.2) is 5.11 Å². The summed E-state index contributed by atoms with van der Waals surface area (Å²) in [4.78, 5) is 4.50. The summed E-state index contributed by atoms with van der Waals surface area (Å²) >= 11 is 5.33. The number of aliphatic imine (C=N–C) groups is 1. The number of nitrogens with one attached hydrogen (secondary N) is 2. The van der Waals surface area contributed by atoms with E-state index in [-0.39, 0.29) is 5.92 Å². The molecule has 0 aromatic heterocycles. The molecule has 1 aromatic carbocycles. The minimum Gasteiger partial charge on any atom is -0.357 e. The van der Waals surface area contributed by atoms with Crippen molar-refractivity contribution in [3.8, 4) is 0 Å². The van der Waals surface area contributed by atoms with E-state index in [1.54, 1.807) is 12.2 Å². The Labute approximate surface area is 181 Å². The summed E-state index contributed by atoms with van der Waals surface area (Å²) in [6.07, 6.45) is 6.80. The van der Waals surface area contributed by atoms with E-state index in [1.165, 1.54) is 0 Å². The van der Waals surface area contributed by atoms with Crippen LogP contribution in [0.15, 0.2) is 90.3 Å². The summed E-state index contributed by atoms with van der Waals surface area (Å²) in [5.41, 5.74) is 9.25. The summed E-state index contributed by atoms with van der Waals surface area (Å²) in [5.74, 6) is 0.214. The monoisotopic (exact) mass is 411 g/mol. The predicted molar refractivity (Wildman–Crippen MR) is 129 cm³/mol. The fraction of sp³-hybridized carbons (Fsp3) is 0.292. The second-order valence-electron chi connectivity index (χ2n) is 5.86. The molecule has 0 saturated heterocycles. The molecule has 156 valence electrons. The average Bonchev–Trinajstić information content (AvgIpc) is 2.79. The number of hydrogen-bond donors (Lipinski definition) is 3. The van der Waals surface area contributed by atoms with Crippen molar-refractivity contribution in [1.29, 1.82) is 0 Å². The highest BCUT2D eigenvalue weighted by atomic mass is 32.1. The predicted octanol–water partition coefficient (Wildman–Crippen LogP) is 5.89. The first-order valence-corrected chi connectivity index (χ1v) is 10.1. The SMILES string of the molecule is C=C.C=CC=C=C(C)C1CC(NO)=C/C(=N\C(=S)NCc2ccccc2)C1.CC. The number of nitrogens with zero attached hydrogens (tertiary/aromatic N) is 1. The smallest absolute Gasteiger partial charge is 0.193 e. The van der Waals surface area contributed by atoms with Crippen LogP contribution in [-0.4, -0.2) is 16.0 Å². The van der Waals surface area contributed by atoms with Crippen molar-refractivity contribution in [3.05, 3.63) is 90.9 Å². The summed E-state index contributed by atoms with van der Waals surface area (Å²) in [6.45, 7) is 16.3. The fourth-order valence-corrected chi connectivity index (χ4v) is 2.81. The molecular weight excluding hydrogens is 378 g/mol. The molecule has 0 aliphatic heterocycles. The van der Waals surface area contributed by atoms with Gasteiger partial charge in [-0.1, -0.05) is 56.8 Å². The summed E-state index contributed by atoms with van der Waals surface area (Å²) < 4.78 is 0. The second-order valence-corrected chi connectivity index (χ2v) is 6.25. The fourth-order valence-electron chi connectivity index (χ4n) is 2.62. The van der Waals surface area contributed by atoms with Gasteiger partial charge in [-0.15, -0.1) is 18.9 Å². The summed E-state index contributed by atoms with van der Waals surface area (Å²) in [5, 5.41) is 12.9. The molecule has 0 saturated carbocycles. The highest BCUT2D eigenvalue weighted by Crippen LogP contribution is 2.27. The van der Waals surface area contributed by atoms with E-state index in [2.05, 4.69) is 41.3 Å². The molecule has 4 nitrogen and oxygen atoms in total. The molecule has 5 heteroatoms. The molecule has 0 heterocycles. The van der Waals surface area contributed by atoms with Crippen molar-refractivity contribution < 1.29 is 5.21 Å². The molecule has 1 aliphatic carbocycles. The average molecular weight is 412 g/mol. The molecule has 2 rings (SSSR count). The lowest BCUT2D eigenvalue weighted by atomic mass is 9.86. The van der Waals surface area contributed by atoms with Crippen molar-refractivity contribution in [2.24, 2.45) is 10.9 Å². The van der Waals surface area contributed by atoms with Crippen LogP contribution in [0.25, 0.3) is 0 Å². The van der Waals surface area contributed by atoms with Crippen LogP contribution in [-0.2, 0) is 6.54 Å². The van der Waals surface area contributed by atoms with Gasteiger partial charge in [-0.25, -0.2) is 4.99 Å². The van der Waals surface area contributed by atoms with Crippen LogP contribution < -0.4 is 10.8 Å². The molecule has 0 bridgehead atoms. The van der Waals surface area contributed by atoms with Crippen molar-refractivity contribution in [3.63, 3.8) is 0 Å².